The van der Waals surface area contributed by atoms with E-state index >= 15 is 0 Å². The number of likely N-dealkylation sites (tertiary alicyclic amines) is 1. The molecule has 1 aromatic rings. The van der Waals surface area contributed by atoms with Gasteiger partial charge in [-0.25, -0.2) is 0 Å². The number of nitrogens with zero attached hydrogens (tertiary/aromatic N) is 4. The molecule has 2 aliphatic heterocycles. The van der Waals surface area contributed by atoms with Crippen LogP contribution in [0.2, 0.25) is 0 Å². The summed E-state index contributed by atoms with van der Waals surface area (Å²) in [6.07, 6.45) is 1.85. The molecular weight excluding hydrogens is 426 g/mol. The molecule has 1 atom stereocenters. The Morgan fingerprint density at radius 2 is 1.64 bits per heavy atom. The number of benzene rings is 1. The summed E-state index contributed by atoms with van der Waals surface area (Å²) < 4.78 is 10.5. The van der Waals surface area contributed by atoms with Crippen molar-refractivity contribution >= 4 is 17.7 Å². The summed E-state index contributed by atoms with van der Waals surface area (Å²) in [4.78, 5) is 42.7. The maximum absolute atomic E-state index is 12.9. The molecule has 2 aliphatic rings. The number of carbonyl (C=O) groups is 3. The highest BCUT2D eigenvalue weighted by Gasteiger charge is 2.28. The molecule has 0 aromatic heterocycles. The quantitative estimate of drug-likeness (QED) is 0.565. The van der Waals surface area contributed by atoms with Gasteiger partial charge in [0, 0.05) is 57.3 Å². The first-order chi connectivity index (χ1) is 16.0. The van der Waals surface area contributed by atoms with Gasteiger partial charge in [-0.1, -0.05) is 0 Å². The minimum Gasteiger partial charge on any atom is -0.497 e. The SMILES string of the molecule is COc1cc(OC)cc(C(=O)N2CCN(C(=O)CCNCC(=O)N3CCCC3C#N)CC2)c1. The van der Waals surface area contributed by atoms with E-state index in [0.29, 0.717) is 56.3 Å². The molecular formula is C23H31N5O5. The van der Waals surface area contributed by atoms with Crippen LogP contribution in [0.5, 0.6) is 11.5 Å². The monoisotopic (exact) mass is 457 g/mol. The van der Waals surface area contributed by atoms with E-state index in [1.807, 2.05) is 0 Å². The molecule has 178 valence electrons. The predicted octanol–water partition coefficient (Wildman–Crippen LogP) is 0.482. The van der Waals surface area contributed by atoms with E-state index in [9.17, 15) is 14.4 Å². The van der Waals surface area contributed by atoms with Crippen molar-refractivity contribution in [3.05, 3.63) is 23.8 Å². The van der Waals surface area contributed by atoms with E-state index in [1.165, 1.54) is 14.2 Å². The predicted molar refractivity (Wildman–Crippen MR) is 120 cm³/mol. The maximum Gasteiger partial charge on any atom is 0.254 e. The van der Waals surface area contributed by atoms with E-state index in [4.69, 9.17) is 14.7 Å². The van der Waals surface area contributed by atoms with Gasteiger partial charge in [0.15, 0.2) is 0 Å². The number of ether oxygens (including phenoxy) is 2. The van der Waals surface area contributed by atoms with Crippen LogP contribution in [-0.4, -0.2) is 98.5 Å². The smallest absolute Gasteiger partial charge is 0.254 e. The van der Waals surface area contributed by atoms with E-state index < -0.39 is 0 Å². The first kappa shape index (κ1) is 24.3. The third kappa shape index (κ3) is 6.14. The van der Waals surface area contributed by atoms with Crippen molar-refractivity contribution in [1.82, 2.24) is 20.0 Å². The van der Waals surface area contributed by atoms with E-state index in [0.717, 1.165) is 12.8 Å². The van der Waals surface area contributed by atoms with Crippen LogP contribution in [-0.2, 0) is 9.59 Å². The second-order valence-electron chi connectivity index (χ2n) is 8.08. The largest absolute Gasteiger partial charge is 0.497 e. The molecule has 2 saturated heterocycles. The molecule has 0 spiro atoms. The molecule has 10 heteroatoms. The summed E-state index contributed by atoms with van der Waals surface area (Å²) in [6.45, 7) is 2.94. The van der Waals surface area contributed by atoms with Gasteiger partial charge in [-0.15, -0.1) is 0 Å². The summed E-state index contributed by atoms with van der Waals surface area (Å²) >= 11 is 0. The van der Waals surface area contributed by atoms with Crippen LogP contribution in [0.25, 0.3) is 0 Å². The molecule has 0 bridgehead atoms. The second-order valence-corrected chi connectivity index (χ2v) is 8.08. The van der Waals surface area contributed by atoms with Crippen LogP contribution in [0.4, 0.5) is 0 Å². The Hall–Kier alpha value is -3.32. The molecule has 1 N–H and O–H groups in total. The Morgan fingerprint density at radius 1 is 1.00 bits per heavy atom. The number of nitriles is 1. The number of hydrogen-bond acceptors (Lipinski definition) is 7. The van der Waals surface area contributed by atoms with Crippen molar-refractivity contribution in [3.63, 3.8) is 0 Å². The standard InChI is InChI=1S/C23H31N5O5/c1-32-19-12-17(13-20(14-19)33-2)23(31)27-10-8-26(9-11-27)21(29)5-6-25-16-22(30)28-7-3-4-18(28)15-24/h12-14,18,25H,3-11,16H2,1-2H3. The summed E-state index contributed by atoms with van der Waals surface area (Å²) in [5, 5.41) is 12.1. The average molecular weight is 458 g/mol. The molecule has 1 unspecified atom stereocenters. The normalized spacial score (nSPS) is 18.1. The van der Waals surface area contributed by atoms with Crippen molar-refractivity contribution in [2.75, 3.05) is 60.0 Å². The number of nitrogens with one attached hydrogen (secondary N) is 1. The van der Waals surface area contributed by atoms with E-state index in [2.05, 4.69) is 11.4 Å². The number of hydrogen-bond donors (Lipinski definition) is 1. The third-order valence-corrected chi connectivity index (χ3v) is 6.03. The van der Waals surface area contributed by atoms with Gasteiger partial charge >= 0.3 is 0 Å². The first-order valence-electron chi connectivity index (χ1n) is 11.2. The minimum absolute atomic E-state index is 0.0128. The summed E-state index contributed by atoms with van der Waals surface area (Å²) in [5.74, 6) is 0.849. The van der Waals surface area contributed by atoms with Crippen LogP contribution < -0.4 is 14.8 Å². The van der Waals surface area contributed by atoms with Gasteiger partial charge in [0.05, 0.1) is 26.8 Å². The first-order valence-corrected chi connectivity index (χ1v) is 11.2. The summed E-state index contributed by atoms with van der Waals surface area (Å²) in [7, 11) is 3.07. The molecule has 1 aromatic carbocycles. The second kappa shape index (κ2) is 11.5. The number of piperazine rings is 1. The van der Waals surface area contributed by atoms with Gasteiger partial charge in [-0.3, -0.25) is 14.4 Å². The lowest BCUT2D eigenvalue weighted by atomic mass is 10.1. The van der Waals surface area contributed by atoms with E-state index in [-0.39, 0.29) is 36.7 Å². The molecule has 2 fully saturated rings. The summed E-state index contributed by atoms with van der Waals surface area (Å²) in [5.41, 5.74) is 0.483. The zero-order valence-corrected chi connectivity index (χ0v) is 19.2. The number of carbonyl (C=O) groups excluding carboxylic acids is 3. The minimum atomic E-state index is -0.335. The van der Waals surface area contributed by atoms with Crippen molar-refractivity contribution in [1.29, 1.82) is 5.26 Å². The Kier molecular flexibility index (Phi) is 8.49. The number of rotatable bonds is 8. The Morgan fingerprint density at radius 3 is 2.24 bits per heavy atom. The highest BCUT2D eigenvalue weighted by atomic mass is 16.5. The lowest BCUT2D eigenvalue weighted by Crippen LogP contribution is -2.51. The molecule has 0 aliphatic carbocycles. The Balaban J connectivity index is 1.40. The van der Waals surface area contributed by atoms with E-state index in [1.54, 1.807) is 32.9 Å². The summed E-state index contributed by atoms with van der Waals surface area (Å²) in [6, 6.07) is 6.88. The van der Waals surface area contributed by atoms with Crippen LogP contribution in [0, 0.1) is 11.3 Å². The topological polar surface area (TPSA) is 115 Å². The van der Waals surface area contributed by atoms with Gasteiger partial charge in [-0.2, -0.15) is 5.26 Å². The Bertz CT molecular complexity index is 885. The van der Waals surface area contributed by atoms with Gasteiger partial charge in [0.2, 0.25) is 11.8 Å². The van der Waals surface area contributed by atoms with Crippen LogP contribution in [0.3, 0.4) is 0 Å². The van der Waals surface area contributed by atoms with Crippen LogP contribution in [0.15, 0.2) is 18.2 Å². The fourth-order valence-electron chi connectivity index (χ4n) is 4.12. The highest BCUT2D eigenvalue weighted by molar-refractivity contribution is 5.95. The average Bonchev–Trinajstić information content (AvgIpc) is 3.34. The van der Waals surface area contributed by atoms with Gasteiger partial charge in [0.25, 0.3) is 5.91 Å². The Labute approximate surface area is 194 Å². The molecule has 2 heterocycles. The van der Waals surface area contributed by atoms with Gasteiger partial charge in [-0.05, 0) is 25.0 Å². The van der Waals surface area contributed by atoms with Gasteiger partial charge in [0.1, 0.15) is 17.5 Å². The van der Waals surface area contributed by atoms with Crippen molar-refractivity contribution in [3.8, 4) is 17.6 Å². The molecule has 33 heavy (non-hydrogen) atoms. The fraction of sp³-hybridized carbons (Fsp3) is 0.565. The fourth-order valence-corrected chi connectivity index (χ4v) is 4.12. The van der Waals surface area contributed by atoms with Crippen molar-refractivity contribution in [2.24, 2.45) is 0 Å². The van der Waals surface area contributed by atoms with Crippen LogP contribution >= 0.6 is 0 Å². The molecule has 0 saturated carbocycles. The number of methoxy groups -OCH3 is 2. The zero-order valence-electron chi connectivity index (χ0n) is 19.2. The van der Waals surface area contributed by atoms with Gasteiger partial charge < -0.3 is 29.5 Å². The highest BCUT2D eigenvalue weighted by Crippen LogP contribution is 2.24. The molecule has 0 radical (unpaired) electrons. The molecule has 3 rings (SSSR count). The third-order valence-electron chi connectivity index (χ3n) is 6.03. The lowest BCUT2D eigenvalue weighted by molar-refractivity contribution is -0.133. The zero-order chi connectivity index (χ0) is 23.8. The number of amides is 3. The molecule has 3 amide bonds. The molecule has 10 nitrogen and oxygen atoms in total. The van der Waals surface area contributed by atoms with Crippen molar-refractivity contribution < 1.29 is 23.9 Å². The maximum atomic E-state index is 12.9. The van der Waals surface area contributed by atoms with Crippen LogP contribution in [0.1, 0.15) is 29.6 Å². The van der Waals surface area contributed by atoms with Crippen molar-refractivity contribution in [2.45, 2.75) is 25.3 Å². The lowest BCUT2D eigenvalue weighted by Gasteiger charge is -2.35.